The first-order valence-electron chi connectivity index (χ1n) is 6.34. The fourth-order valence-electron chi connectivity index (χ4n) is 2.37. The molecule has 0 bridgehead atoms. The highest BCUT2D eigenvalue weighted by molar-refractivity contribution is 5.94. The quantitative estimate of drug-likeness (QED) is 0.791. The van der Waals surface area contributed by atoms with Gasteiger partial charge >= 0.3 is 5.97 Å². The van der Waals surface area contributed by atoms with Crippen molar-refractivity contribution in [2.75, 3.05) is 13.7 Å². The molecule has 1 fully saturated rings. The molecule has 1 aliphatic heterocycles. The Morgan fingerprint density at radius 2 is 2.37 bits per heavy atom. The first-order valence-corrected chi connectivity index (χ1v) is 6.34. The maximum absolute atomic E-state index is 11.7. The van der Waals surface area contributed by atoms with Crippen LogP contribution in [-0.4, -0.2) is 35.3 Å². The zero-order valence-electron chi connectivity index (χ0n) is 11.0. The Kier molecular flexibility index (Phi) is 2.98. The summed E-state index contributed by atoms with van der Waals surface area (Å²) in [5.41, 5.74) is 3.41. The minimum atomic E-state index is -0.322. The van der Waals surface area contributed by atoms with Gasteiger partial charge in [-0.2, -0.15) is 0 Å². The van der Waals surface area contributed by atoms with Gasteiger partial charge in [0.2, 0.25) is 0 Å². The molecule has 0 spiro atoms. The van der Waals surface area contributed by atoms with Crippen LogP contribution in [0.15, 0.2) is 18.5 Å². The number of ether oxygens (including phenoxy) is 2. The monoisotopic (exact) mass is 260 g/mol. The average molecular weight is 260 g/mol. The SMILES string of the molecule is COC(=O)c1cc(C)c2ncn(CC3CCO3)c2c1. The van der Waals surface area contributed by atoms with Crippen molar-refractivity contribution in [2.24, 2.45) is 0 Å². The fourth-order valence-corrected chi connectivity index (χ4v) is 2.37. The number of hydrogen-bond donors (Lipinski definition) is 0. The molecule has 3 rings (SSSR count). The molecule has 5 heteroatoms. The Morgan fingerprint density at radius 3 is 3.00 bits per heavy atom. The lowest BCUT2D eigenvalue weighted by Gasteiger charge is -2.26. The van der Waals surface area contributed by atoms with E-state index in [0.29, 0.717) is 5.56 Å². The summed E-state index contributed by atoms with van der Waals surface area (Å²) < 4.78 is 12.3. The molecule has 0 N–H and O–H groups in total. The largest absolute Gasteiger partial charge is 0.465 e. The van der Waals surface area contributed by atoms with Crippen LogP contribution in [0, 0.1) is 6.92 Å². The van der Waals surface area contributed by atoms with Gasteiger partial charge < -0.3 is 14.0 Å². The standard InChI is InChI=1S/C14H16N2O3/c1-9-5-10(14(17)18-2)6-12-13(9)15-8-16(12)7-11-3-4-19-11/h5-6,8,11H,3-4,7H2,1-2H3. The second-order valence-corrected chi connectivity index (χ2v) is 4.83. The third-order valence-corrected chi connectivity index (χ3v) is 3.53. The number of aryl methyl sites for hydroxylation is 1. The van der Waals surface area contributed by atoms with Gasteiger partial charge in [-0.05, 0) is 31.0 Å². The van der Waals surface area contributed by atoms with Gasteiger partial charge in [0, 0.05) is 6.61 Å². The van der Waals surface area contributed by atoms with Gasteiger partial charge in [0.15, 0.2) is 0 Å². The molecule has 19 heavy (non-hydrogen) atoms. The topological polar surface area (TPSA) is 53.3 Å². The second kappa shape index (κ2) is 4.66. The summed E-state index contributed by atoms with van der Waals surface area (Å²) in [6.07, 6.45) is 3.15. The number of nitrogens with zero attached hydrogens (tertiary/aromatic N) is 2. The molecular weight excluding hydrogens is 244 g/mol. The van der Waals surface area contributed by atoms with Crippen LogP contribution in [0.5, 0.6) is 0 Å². The van der Waals surface area contributed by atoms with Crippen LogP contribution in [0.1, 0.15) is 22.3 Å². The third kappa shape index (κ3) is 2.10. The number of aromatic nitrogens is 2. The van der Waals surface area contributed by atoms with E-state index in [4.69, 9.17) is 9.47 Å². The van der Waals surface area contributed by atoms with Crippen LogP contribution in [0.25, 0.3) is 11.0 Å². The summed E-state index contributed by atoms with van der Waals surface area (Å²) in [6, 6.07) is 3.64. The number of benzene rings is 1. The predicted octanol–water partition coefficient (Wildman–Crippen LogP) is 1.92. The van der Waals surface area contributed by atoms with Gasteiger partial charge in [0.05, 0.1) is 42.7 Å². The highest BCUT2D eigenvalue weighted by atomic mass is 16.5. The maximum atomic E-state index is 11.7. The van der Waals surface area contributed by atoms with Gasteiger partial charge in [-0.15, -0.1) is 0 Å². The predicted molar refractivity (Wildman–Crippen MR) is 70.2 cm³/mol. The van der Waals surface area contributed by atoms with Crippen LogP contribution in [0.3, 0.4) is 0 Å². The van der Waals surface area contributed by atoms with Crippen molar-refractivity contribution in [1.82, 2.24) is 9.55 Å². The van der Waals surface area contributed by atoms with Crippen LogP contribution in [0.4, 0.5) is 0 Å². The molecule has 1 aromatic carbocycles. The van der Waals surface area contributed by atoms with Crippen LogP contribution in [-0.2, 0) is 16.0 Å². The Labute approximate surface area is 111 Å². The first-order chi connectivity index (χ1) is 9.19. The molecule has 0 amide bonds. The summed E-state index contributed by atoms with van der Waals surface area (Å²) in [5, 5.41) is 0. The molecule has 1 unspecified atom stereocenters. The van der Waals surface area contributed by atoms with Crippen molar-refractivity contribution in [2.45, 2.75) is 26.0 Å². The molecule has 1 aromatic heterocycles. The third-order valence-electron chi connectivity index (χ3n) is 3.53. The van der Waals surface area contributed by atoms with Crippen LogP contribution < -0.4 is 0 Å². The van der Waals surface area contributed by atoms with Crippen molar-refractivity contribution < 1.29 is 14.3 Å². The minimum Gasteiger partial charge on any atom is -0.465 e. The first kappa shape index (κ1) is 12.2. The van der Waals surface area contributed by atoms with E-state index in [1.165, 1.54) is 7.11 Å². The zero-order valence-corrected chi connectivity index (χ0v) is 11.0. The molecule has 1 saturated heterocycles. The molecule has 2 aromatic rings. The molecule has 1 atom stereocenters. The Bertz CT molecular complexity index is 629. The van der Waals surface area contributed by atoms with E-state index >= 15 is 0 Å². The van der Waals surface area contributed by atoms with Crippen molar-refractivity contribution in [3.63, 3.8) is 0 Å². The summed E-state index contributed by atoms with van der Waals surface area (Å²) in [6.45, 7) is 3.57. The highest BCUT2D eigenvalue weighted by Gasteiger charge is 2.20. The normalized spacial score (nSPS) is 18.3. The molecule has 1 aliphatic rings. The van der Waals surface area contributed by atoms with Gasteiger partial charge in [0.25, 0.3) is 0 Å². The zero-order chi connectivity index (χ0) is 13.4. The fraction of sp³-hybridized carbons (Fsp3) is 0.429. The van der Waals surface area contributed by atoms with Gasteiger partial charge in [-0.3, -0.25) is 0 Å². The molecule has 5 nitrogen and oxygen atoms in total. The second-order valence-electron chi connectivity index (χ2n) is 4.83. The lowest BCUT2D eigenvalue weighted by molar-refractivity contribution is -0.0586. The Hall–Kier alpha value is -1.88. The van der Waals surface area contributed by atoms with E-state index < -0.39 is 0 Å². The van der Waals surface area contributed by atoms with Gasteiger partial charge in [-0.1, -0.05) is 0 Å². The van der Waals surface area contributed by atoms with Gasteiger partial charge in [-0.25, -0.2) is 9.78 Å². The maximum Gasteiger partial charge on any atom is 0.337 e. The minimum absolute atomic E-state index is 0.263. The van der Waals surface area contributed by atoms with Gasteiger partial charge in [0.1, 0.15) is 0 Å². The van der Waals surface area contributed by atoms with Crippen LogP contribution in [0.2, 0.25) is 0 Å². The number of carbonyl (C=O) groups is 1. The summed E-state index contributed by atoms with van der Waals surface area (Å²) >= 11 is 0. The number of fused-ring (bicyclic) bond motifs is 1. The Balaban J connectivity index is 2.03. The van der Waals surface area contributed by atoms with E-state index in [-0.39, 0.29) is 12.1 Å². The number of esters is 1. The van der Waals surface area contributed by atoms with E-state index in [2.05, 4.69) is 4.98 Å². The number of methoxy groups -OCH3 is 1. The van der Waals surface area contributed by atoms with Crippen molar-refractivity contribution in [3.05, 3.63) is 29.6 Å². The lowest BCUT2D eigenvalue weighted by Crippen LogP contribution is -2.30. The molecule has 2 heterocycles. The molecule has 100 valence electrons. The lowest BCUT2D eigenvalue weighted by atomic mass is 10.1. The molecule has 0 saturated carbocycles. The number of hydrogen-bond acceptors (Lipinski definition) is 4. The molecular formula is C14H16N2O3. The molecule has 0 aliphatic carbocycles. The number of rotatable bonds is 3. The summed E-state index contributed by atoms with van der Waals surface area (Å²) in [4.78, 5) is 16.1. The highest BCUT2D eigenvalue weighted by Crippen LogP contribution is 2.22. The smallest absolute Gasteiger partial charge is 0.337 e. The van der Waals surface area contributed by atoms with E-state index in [1.807, 2.05) is 23.6 Å². The van der Waals surface area contributed by atoms with Crippen molar-refractivity contribution in [1.29, 1.82) is 0 Å². The van der Waals surface area contributed by atoms with E-state index in [1.54, 1.807) is 6.33 Å². The summed E-state index contributed by atoms with van der Waals surface area (Å²) in [7, 11) is 1.39. The van der Waals surface area contributed by atoms with Crippen LogP contribution >= 0.6 is 0 Å². The van der Waals surface area contributed by atoms with E-state index in [0.717, 1.165) is 36.2 Å². The van der Waals surface area contributed by atoms with Crippen molar-refractivity contribution >= 4 is 17.0 Å². The Morgan fingerprint density at radius 1 is 1.58 bits per heavy atom. The summed E-state index contributed by atoms with van der Waals surface area (Å²) in [5.74, 6) is -0.322. The van der Waals surface area contributed by atoms with Crippen molar-refractivity contribution in [3.8, 4) is 0 Å². The average Bonchev–Trinajstić information content (AvgIpc) is 2.76. The van der Waals surface area contributed by atoms with E-state index in [9.17, 15) is 4.79 Å². The number of carbonyl (C=O) groups excluding carboxylic acids is 1. The number of imidazole rings is 1. The molecule has 0 radical (unpaired) electrons.